The predicted molar refractivity (Wildman–Crippen MR) is 104 cm³/mol. The van der Waals surface area contributed by atoms with Crippen LogP contribution in [0.2, 0.25) is 0 Å². The number of aromatic hydroxyl groups is 1. The third-order valence-corrected chi connectivity index (χ3v) is 5.33. The minimum Gasteiger partial charge on any atom is -0.507 e. The molecule has 4 aromatic rings. The number of aromatic nitrogens is 3. The third-order valence-electron chi connectivity index (χ3n) is 3.63. The highest BCUT2D eigenvalue weighted by Crippen LogP contribution is 2.26. The highest BCUT2D eigenvalue weighted by atomic mass is 127. The van der Waals surface area contributed by atoms with Gasteiger partial charge in [0.1, 0.15) is 11.6 Å². The maximum Gasteiger partial charge on any atom is 0.214 e. The van der Waals surface area contributed by atoms with Crippen LogP contribution < -0.4 is 5.32 Å². The molecule has 126 valence electrons. The average Bonchev–Trinajstić information content (AvgIpc) is 3.12. The van der Waals surface area contributed by atoms with Gasteiger partial charge in [-0.15, -0.1) is 5.10 Å². The number of hydrogen-bond acceptors (Lipinski definition) is 5. The topological polar surface area (TPSA) is 62.5 Å². The molecule has 0 saturated carbocycles. The molecule has 25 heavy (non-hydrogen) atoms. The molecule has 0 unspecified atom stereocenters. The molecule has 0 aliphatic carbocycles. The number of fused-ring (bicyclic) bond motifs is 1. The zero-order valence-corrected chi connectivity index (χ0v) is 15.8. The van der Waals surface area contributed by atoms with Gasteiger partial charge in [-0.1, -0.05) is 23.5 Å². The lowest BCUT2D eigenvalue weighted by molar-refractivity contribution is 0.471. The van der Waals surface area contributed by atoms with Gasteiger partial charge in [-0.2, -0.15) is 0 Å². The monoisotopic (exact) mass is 466 g/mol. The number of anilines is 2. The van der Waals surface area contributed by atoms with E-state index in [0.29, 0.717) is 17.2 Å². The van der Waals surface area contributed by atoms with Crippen molar-refractivity contribution in [3.63, 3.8) is 0 Å². The van der Waals surface area contributed by atoms with Crippen molar-refractivity contribution in [3.05, 3.63) is 69.3 Å². The molecule has 0 amide bonds. The van der Waals surface area contributed by atoms with Crippen LogP contribution in [0, 0.1) is 9.39 Å². The summed E-state index contributed by atoms with van der Waals surface area (Å²) in [7, 11) is 0. The van der Waals surface area contributed by atoms with Gasteiger partial charge < -0.3 is 10.4 Å². The standard InChI is InChI=1S/C17H12FIN4OS/c18-11-2-1-3-12(8-11)21-16-22-23-13(9-20-17(23)25-16)6-10-4-5-15(24)14(19)7-10/h1-5,7-9,24H,6H2,(H,21,22). The Morgan fingerprint density at radius 2 is 2.12 bits per heavy atom. The van der Waals surface area contributed by atoms with Crippen molar-refractivity contribution in [2.75, 3.05) is 5.32 Å². The van der Waals surface area contributed by atoms with Gasteiger partial charge in [-0.3, -0.25) is 0 Å². The van der Waals surface area contributed by atoms with Gasteiger partial charge in [0.25, 0.3) is 0 Å². The quantitative estimate of drug-likeness (QED) is 0.433. The van der Waals surface area contributed by atoms with E-state index < -0.39 is 0 Å². The first-order chi connectivity index (χ1) is 12.1. The van der Waals surface area contributed by atoms with Crippen molar-refractivity contribution in [3.8, 4) is 5.75 Å². The molecule has 0 radical (unpaired) electrons. The molecule has 0 aliphatic rings. The highest BCUT2D eigenvalue weighted by Gasteiger charge is 2.11. The van der Waals surface area contributed by atoms with Crippen molar-refractivity contribution in [2.24, 2.45) is 0 Å². The summed E-state index contributed by atoms with van der Waals surface area (Å²) < 4.78 is 15.9. The molecule has 0 fully saturated rings. The molecule has 0 saturated heterocycles. The lowest BCUT2D eigenvalue weighted by Crippen LogP contribution is -1.97. The lowest BCUT2D eigenvalue weighted by Gasteiger charge is -2.03. The Morgan fingerprint density at radius 1 is 1.24 bits per heavy atom. The molecule has 2 heterocycles. The fraction of sp³-hybridized carbons (Fsp3) is 0.0588. The average molecular weight is 466 g/mol. The van der Waals surface area contributed by atoms with Crippen LogP contribution >= 0.6 is 33.9 Å². The molecule has 8 heteroatoms. The SMILES string of the molecule is Oc1ccc(Cc2cnc3sc(Nc4cccc(F)c4)nn23)cc1I. The van der Waals surface area contributed by atoms with E-state index in [4.69, 9.17) is 0 Å². The number of nitrogens with one attached hydrogen (secondary N) is 1. The second-order valence-corrected chi connectivity index (χ2v) is 7.57. The first-order valence-corrected chi connectivity index (χ1v) is 9.31. The molecule has 0 spiro atoms. The largest absolute Gasteiger partial charge is 0.507 e. The normalized spacial score (nSPS) is 11.1. The Balaban J connectivity index is 1.60. The molecule has 0 atom stereocenters. The number of nitrogens with zero attached hydrogens (tertiary/aromatic N) is 3. The molecule has 2 aromatic heterocycles. The minimum absolute atomic E-state index is 0.276. The number of phenolic OH excluding ortho intramolecular Hbond substituents is 1. The zero-order valence-electron chi connectivity index (χ0n) is 12.8. The van der Waals surface area contributed by atoms with Crippen LogP contribution in [-0.4, -0.2) is 19.7 Å². The molecule has 0 bridgehead atoms. The Morgan fingerprint density at radius 3 is 2.92 bits per heavy atom. The molecule has 5 nitrogen and oxygen atoms in total. The van der Waals surface area contributed by atoms with E-state index in [0.717, 1.165) is 19.8 Å². The fourth-order valence-corrected chi connectivity index (χ4v) is 3.86. The van der Waals surface area contributed by atoms with Gasteiger partial charge in [-0.25, -0.2) is 13.9 Å². The Bertz CT molecular complexity index is 1060. The summed E-state index contributed by atoms with van der Waals surface area (Å²) in [6.45, 7) is 0. The molecular formula is C17H12FIN4OS. The summed E-state index contributed by atoms with van der Waals surface area (Å²) >= 11 is 3.50. The maximum absolute atomic E-state index is 13.3. The smallest absolute Gasteiger partial charge is 0.214 e. The fourth-order valence-electron chi connectivity index (χ4n) is 2.47. The molecule has 0 aliphatic heterocycles. The summed E-state index contributed by atoms with van der Waals surface area (Å²) in [5, 5.41) is 17.9. The molecule has 4 rings (SSSR count). The van der Waals surface area contributed by atoms with E-state index >= 15 is 0 Å². The first kappa shape index (κ1) is 16.3. The van der Waals surface area contributed by atoms with Gasteiger partial charge >= 0.3 is 0 Å². The van der Waals surface area contributed by atoms with Crippen LogP contribution in [0.1, 0.15) is 11.3 Å². The van der Waals surface area contributed by atoms with Gasteiger partial charge in [0, 0.05) is 12.1 Å². The third kappa shape index (κ3) is 3.45. The van der Waals surface area contributed by atoms with E-state index in [1.54, 1.807) is 28.9 Å². The minimum atomic E-state index is -0.297. The summed E-state index contributed by atoms with van der Waals surface area (Å²) in [5.74, 6) is -0.0213. The van der Waals surface area contributed by atoms with Crippen LogP contribution in [-0.2, 0) is 6.42 Å². The predicted octanol–water partition coefficient (Wildman–Crippen LogP) is 4.57. The van der Waals surface area contributed by atoms with Crippen molar-refractivity contribution < 1.29 is 9.50 Å². The van der Waals surface area contributed by atoms with Crippen LogP contribution in [0.3, 0.4) is 0 Å². The summed E-state index contributed by atoms with van der Waals surface area (Å²) in [5.41, 5.74) is 2.66. The van der Waals surface area contributed by atoms with E-state index in [-0.39, 0.29) is 11.6 Å². The zero-order chi connectivity index (χ0) is 17.4. The first-order valence-electron chi connectivity index (χ1n) is 7.42. The lowest BCUT2D eigenvalue weighted by atomic mass is 10.1. The number of phenols is 1. The second kappa shape index (κ2) is 6.60. The number of halogens is 2. The van der Waals surface area contributed by atoms with Crippen molar-refractivity contribution in [2.45, 2.75) is 6.42 Å². The van der Waals surface area contributed by atoms with Gasteiger partial charge in [0.2, 0.25) is 10.1 Å². The van der Waals surface area contributed by atoms with Gasteiger partial charge in [0.05, 0.1) is 15.5 Å². The molecule has 2 aromatic carbocycles. The van der Waals surface area contributed by atoms with Crippen LogP contribution in [0.5, 0.6) is 5.75 Å². The second-order valence-electron chi connectivity index (χ2n) is 5.45. The number of imidazole rings is 1. The molecule has 2 N–H and O–H groups in total. The van der Waals surface area contributed by atoms with E-state index in [9.17, 15) is 9.50 Å². The summed E-state index contributed by atoms with van der Waals surface area (Å²) in [6.07, 6.45) is 2.45. The van der Waals surface area contributed by atoms with E-state index in [1.807, 2.05) is 12.1 Å². The van der Waals surface area contributed by atoms with Crippen molar-refractivity contribution in [1.29, 1.82) is 0 Å². The number of hydrogen-bond donors (Lipinski definition) is 2. The summed E-state index contributed by atoms with van der Waals surface area (Å²) in [4.78, 5) is 5.15. The van der Waals surface area contributed by atoms with E-state index in [1.165, 1.54) is 23.5 Å². The van der Waals surface area contributed by atoms with Crippen LogP contribution in [0.15, 0.2) is 48.7 Å². The highest BCUT2D eigenvalue weighted by molar-refractivity contribution is 14.1. The van der Waals surface area contributed by atoms with E-state index in [2.05, 4.69) is 38.0 Å². The van der Waals surface area contributed by atoms with Crippen LogP contribution in [0.4, 0.5) is 15.2 Å². The maximum atomic E-state index is 13.3. The van der Waals surface area contributed by atoms with Crippen molar-refractivity contribution >= 4 is 49.7 Å². The Hall–Kier alpha value is -2.20. The summed E-state index contributed by atoms with van der Waals surface area (Å²) in [6, 6.07) is 11.8. The van der Waals surface area contributed by atoms with Gasteiger partial charge in [0.15, 0.2) is 0 Å². The number of rotatable bonds is 4. The molecular weight excluding hydrogens is 454 g/mol. The van der Waals surface area contributed by atoms with Gasteiger partial charge in [-0.05, 0) is 58.5 Å². The Labute approximate surface area is 160 Å². The van der Waals surface area contributed by atoms with Crippen LogP contribution in [0.25, 0.3) is 4.96 Å². The Kier molecular flexibility index (Phi) is 4.30. The van der Waals surface area contributed by atoms with Crippen molar-refractivity contribution in [1.82, 2.24) is 14.6 Å². The number of benzene rings is 2.